The fourth-order valence-electron chi connectivity index (χ4n) is 2.52. The Morgan fingerprint density at radius 1 is 0.900 bits per heavy atom. The van der Waals surface area contributed by atoms with Crippen molar-refractivity contribution in [3.05, 3.63) is 42.0 Å². The maximum atomic E-state index is 12.4. The van der Waals surface area contributed by atoms with Crippen LogP contribution in [0.5, 0.6) is 28.7 Å². The largest absolute Gasteiger partial charge is 0.496 e. The van der Waals surface area contributed by atoms with E-state index in [2.05, 4.69) is 5.32 Å². The molecule has 0 spiro atoms. The van der Waals surface area contributed by atoms with E-state index < -0.39 is 11.9 Å². The summed E-state index contributed by atoms with van der Waals surface area (Å²) in [7, 11) is 5.98. The van der Waals surface area contributed by atoms with E-state index in [9.17, 15) is 9.59 Å². The predicted octanol–water partition coefficient (Wildman–Crippen LogP) is 3.52. The summed E-state index contributed by atoms with van der Waals surface area (Å²) in [5, 5.41) is 2.68. The number of ether oxygens (including phenoxy) is 5. The molecule has 0 aliphatic carbocycles. The summed E-state index contributed by atoms with van der Waals surface area (Å²) in [6.45, 7) is 0. The Labute approximate surface area is 179 Å². The number of anilines is 1. The van der Waals surface area contributed by atoms with Crippen molar-refractivity contribution in [2.24, 2.45) is 0 Å². The third-order valence-corrected chi connectivity index (χ3v) is 4.14. The minimum Gasteiger partial charge on any atom is -0.496 e. The van der Waals surface area contributed by atoms with Crippen molar-refractivity contribution in [3.8, 4) is 28.7 Å². The van der Waals surface area contributed by atoms with Crippen molar-refractivity contribution in [2.75, 3.05) is 39.6 Å². The lowest BCUT2D eigenvalue weighted by atomic mass is 10.1. The van der Waals surface area contributed by atoms with Gasteiger partial charge >= 0.3 is 5.97 Å². The summed E-state index contributed by atoms with van der Waals surface area (Å²) in [5.41, 5.74) is 0.971. The van der Waals surface area contributed by atoms with Gasteiger partial charge < -0.3 is 29.0 Å². The van der Waals surface area contributed by atoms with E-state index >= 15 is 0 Å². The normalized spacial score (nSPS) is 10.4. The van der Waals surface area contributed by atoms with Crippen molar-refractivity contribution in [1.29, 1.82) is 0 Å². The molecule has 0 aliphatic heterocycles. The van der Waals surface area contributed by atoms with Gasteiger partial charge in [0.25, 0.3) is 0 Å². The highest BCUT2D eigenvalue weighted by Crippen LogP contribution is 2.35. The Bertz CT molecular complexity index is 918. The molecule has 0 saturated carbocycles. The molecule has 0 aromatic heterocycles. The lowest BCUT2D eigenvalue weighted by molar-refractivity contribution is -0.131. The molecule has 160 valence electrons. The van der Waals surface area contributed by atoms with Crippen molar-refractivity contribution in [1.82, 2.24) is 0 Å². The number of carbonyl (C=O) groups excluding carboxylic acids is 2. The van der Waals surface area contributed by atoms with Gasteiger partial charge in [0.2, 0.25) is 5.91 Å². The summed E-state index contributed by atoms with van der Waals surface area (Å²) in [6, 6.07) is 7.99. The van der Waals surface area contributed by atoms with E-state index in [0.29, 0.717) is 34.2 Å². The van der Waals surface area contributed by atoms with Crippen LogP contribution in [0.2, 0.25) is 0 Å². The number of halogens is 1. The fraction of sp³-hybridized carbons (Fsp3) is 0.238. The van der Waals surface area contributed by atoms with Gasteiger partial charge in [0, 0.05) is 30.0 Å². The molecule has 0 aliphatic rings. The van der Waals surface area contributed by atoms with Crippen LogP contribution in [0, 0.1) is 0 Å². The van der Waals surface area contributed by atoms with Crippen LogP contribution in [-0.4, -0.2) is 46.2 Å². The molecule has 30 heavy (non-hydrogen) atoms. The van der Waals surface area contributed by atoms with Crippen LogP contribution in [0.15, 0.2) is 36.4 Å². The second-order valence-electron chi connectivity index (χ2n) is 5.74. The van der Waals surface area contributed by atoms with Gasteiger partial charge in [0.05, 0.1) is 34.0 Å². The van der Waals surface area contributed by atoms with Crippen molar-refractivity contribution < 1.29 is 33.3 Å². The average Bonchev–Trinajstić information content (AvgIpc) is 2.77. The van der Waals surface area contributed by atoms with Gasteiger partial charge in [-0.25, -0.2) is 0 Å². The highest BCUT2D eigenvalue weighted by atomic mass is 35.5. The molecule has 0 unspecified atom stereocenters. The first-order chi connectivity index (χ1) is 14.4. The Kier molecular flexibility index (Phi) is 8.37. The van der Waals surface area contributed by atoms with Crippen LogP contribution in [0.4, 0.5) is 5.69 Å². The van der Waals surface area contributed by atoms with E-state index in [-0.39, 0.29) is 11.6 Å². The zero-order valence-electron chi connectivity index (χ0n) is 17.0. The number of amides is 1. The van der Waals surface area contributed by atoms with Crippen LogP contribution in [0.3, 0.4) is 0 Å². The first-order valence-corrected chi connectivity index (χ1v) is 9.22. The highest BCUT2D eigenvalue weighted by molar-refractivity contribution is 6.26. The molecular formula is C21H22ClNO7. The highest BCUT2D eigenvalue weighted by Gasteiger charge is 2.13. The monoisotopic (exact) mass is 435 g/mol. The van der Waals surface area contributed by atoms with E-state index in [1.807, 2.05) is 0 Å². The number of alkyl halides is 1. The number of nitrogens with one attached hydrogen (secondary N) is 1. The molecule has 8 nitrogen and oxygen atoms in total. The van der Waals surface area contributed by atoms with Crippen molar-refractivity contribution in [2.45, 2.75) is 0 Å². The summed E-state index contributed by atoms with van der Waals surface area (Å²) in [4.78, 5) is 23.9. The number of esters is 1. The smallest absolute Gasteiger partial charge is 0.326 e. The molecule has 0 atom stereocenters. The third-order valence-electron chi connectivity index (χ3n) is 3.92. The molecule has 2 rings (SSSR count). The first kappa shape index (κ1) is 22.9. The van der Waals surface area contributed by atoms with Gasteiger partial charge in [-0.15, -0.1) is 11.6 Å². The number of hydrogen-bond donors (Lipinski definition) is 1. The zero-order valence-corrected chi connectivity index (χ0v) is 17.7. The molecule has 2 aromatic rings. The summed E-state index contributed by atoms with van der Waals surface area (Å²) in [6.07, 6.45) is 2.88. The fourth-order valence-corrected chi connectivity index (χ4v) is 2.58. The second kappa shape index (κ2) is 11.0. The van der Waals surface area contributed by atoms with E-state index in [4.69, 9.17) is 35.3 Å². The van der Waals surface area contributed by atoms with Crippen molar-refractivity contribution in [3.63, 3.8) is 0 Å². The molecule has 9 heteroatoms. The van der Waals surface area contributed by atoms with Crippen molar-refractivity contribution >= 4 is 35.2 Å². The Morgan fingerprint density at radius 2 is 1.53 bits per heavy atom. The van der Waals surface area contributed by atoms with E-state index in [1.165, 1.54) is 40.6 Å². The molecule has 2 aromatic carbocycles. The van der Waals surface area contributed by atoms with Crippen LogP contribution in [0.25, 0.3) is 6.08 Å². The van der Waals surface area contributed by atoms with Crippen LogP contribution in [-0.2, 0) is 9.59 Å². The predicted molar refractivity (Wildman–Crippen MR) is 113 cm³/mol. The third kappa shape index (κ3) is 5.81. The summed E-state index contributed by atoms with van der Waals surface area (Å²) < 4.78 is 26.2. The van der Waals surface area contributed by atoms with Gasteiger partial charge in [-0.3, -0.25) is 9.59 Å². The van der Waals surface area contributed by atoms with Crippen LogP contribution >= 0.6 is 11.6 Å². The molecular weight excluding hydrogens is 414 g/mol. The first-order valence-electron chi connectivity index (χ1n) is 8.69. The van der Waals surface area contributed by atoms with E-state index in [0.717, 1.165) is 0 Å². The minimum absolute atomic E-state index is 0.142. The Morgan fingerprint density at radius 3 is 2.07 bits per heavy atom. The SMILES string of the molecule is COc1cc(OC)c(/C=C/C(=O)Nc2ccc(OC)c(OC(=O)CCl)c2)c(OC)c1. The Balaban J connectivity index is 2.22. The number of rotatable bonds is 9. The van der Waals surface area contributed by atoms with Gasteiger partial charge in [-0.05, 0) is 18.2 Å². The van der Waals surface area contributed by atoms with Gasteiger partial charge in [0.15, 0.2) is 11.5 Å². The molecule has 0 radical (unpaired) electrons. The summed E-state index contributed by atoms with van der Waals surface area (Å²) in [5.74, 6) is 0.617. The molecule has 0 fully saturated rings. The average molecular weight is 436 g/mol. The number of benzene rings is 2. The number of hydrogen-bond acceptors (Lipinski definition) is 7. The molecule has 1 amide bonds. The zero-order chi connectivity index (χ0) is 22.1. The number of carbonyl (C=O) groups is 2. The molecule has 0 bridgehead atoms. The maximum Gasteiger partial charge on any atom is 0.326 e. The van der Waals surface area contributed by atoms with Crippen LogP contribution in [0.1, 0.15) is 5.56 Å². The minimum atomic E-state index is -0.642. The van der Waals surface area contributed by atoms with E-state index in [1.54, 1.807) is 30.3 Å². The second-order valence-corrected chi connectivity index (χ2v) is 6.01. The molecule has 0 heterocycles. The lowest BCUT2D eigenvalue weighted by Crippen LogP contribution is -2.11. The lowest BCUT2D eigenvalue weighted by Gasteiger charge is -2.12. The van der Waals surface area contributed by atoms with Gasteiger partial charge in [0.1, 0.15) is 23.1 Å². The standard InChI is InChI=1S/C21H22ClNO7/c1-26-14-10-17(28-3)15(18(11-14)29-4)6-8-20(24)23-13-5-7-16(27-2)19(9-13)30-21(25)12-22/h5-11H,12H2,1-4H3,(H,23,24)/b8-6+. The molecule has 1 N–H and O–H groups in total. The molecule has 0 saturated heterocycles. The maximum absolute atomic E-state index is 12.4. The van der Waals surface area contributed by atoms with Gasteiger partial charge in [-0.2, -0.15) is 0 Å². The quantitative estimate of drug-likeness (QED) is 0.279. The topological polar surface area (TPSA) is 92.3 Å². The summed E-state index contributed by atoms with van der Waals surface area (Å²) >= 11 is 5.47. The van der Waals surface area contributed by atoms with Gasteiger partial charge in [-0.1, -0.05) is 0 Å². The Hall–Kier alpha value is -3.39. The number of methoxy groups -OCH3 is 4. The van der Waals surface area contributed by atoms with Crippen LogP contribution < -0.4 is 29.0 Å².